The molecule has 1 atom stereocenters. The van der Waals surface area contributed by atoms with Gasteiger partial charge in [0, 0.05) is 46.5 Å². The van der Waals surface area contributed by atoms with Crippen LogP contribution in [0.3, 0.4) is 0 Å². The molecule has 2 aromatic heterocycles. The van der Waals surface area contributed by atoms with Crippen molar-refractivity contribution >= 4 is 17.4 Å². The second-order valence-corrected chi connectivity index (χ2v) is 7.28. The zero-order valence-corrected chi connectivity index (χ0v) is 16.1. The van der Waals surface area contributed by atoms with Gasteiger partial charge in [0.25, 0.3) is 0 Å². The van der Waals surface area contributed by atoms with Crippen molar-refractivity contribution < 1.29 is 0 Å². The van der Waals surface area contributed by atoms with Crippen molar-refractivity contribution in [1.29, 1.82) is 0 Å². The molecule has 0 bridgehead atoms. The van der Waals surface area contributed by atoms with Gasteiger partial charge in [0.1, 0.15) is 17.7 Å². The zero-order valence-electron chi connectivity index (χ0n) is 15.3. The maximum absolute atomic E-state index is 6.38. The van der Waals surface area contributed by atoms with Crippen LogP contribution >= 0.6 is 11.6 Å². The van der Waals surface area contributed by atoms with Crippen LogP contribution in [0, 0.1) is 0 Å². The topological polar surface area (TPSA) is 77.0 Å². The highest BCUT2D eigenvalue weighted by molar-refractivity contribution is 6.30. The van der Waals surface area contributed by atoms with Gasteiger partial charge in [-0.1, -0.05) is 29.8 Å². The highest BCUT2D eigenvalue weighted by Gasteiger charge is 2.43. The van der Waals surface area contributed by atoms with Gasteiger partial charge in [-0.2, -0.15) is 0 Å². The molecule has 1 aliphatic heterocycles. The Bertz CT molecular complexity index is 1220. The lowest BCUT2D eigenvalue weighted by molar-refractivity contribution is 0.670. The molecule has 4 aromatic rings. The molecule has 0 spiro atoms. The highest BCUT2D eigenvalue weighted by atomic mass is 35.5. The van der Waals surface area contributed by atoms with Gasteiger partial charge in [-0.05, 0) is 53.1 Å². The van der Waals surface area contributed by atoms with E-state index in [0.717, 1.165) is 33.4 Å². The molecule has 1 unspecified atom stereocenters. The number of halogens is 1. The Morgan fingerprint density at radius 3 is 2.38 bits per heavy atom. The standard InChI is InChI=1S/C23H16ClN5/c24-19-4-5-20-21(11-19)23(29-22(20)25,17-6-8-26-9-7-17)18-3-1-2-15(10-18)16-12-27-14-28-13-16/h1-14H,(H2,25,29). The largest absolute Gasteiger partial charge is 0.383 e. The van der Waals surface area contributed by atoms with Gasteiger partial charge >= 0.3 is 0 Å². The van der Waals surface area contributed by atoms with Crippen LogP contribution in [-0.2, 0) is 5.54 Å². The van der Waals surface area contributed by atoms with Gasteiger partial charge in [0.15, 0.2) is 0 Å². The Balaban J connectivity index is 1.81. The lowest BCUT2D eigenvalue weighted by Crippen LogP contribution is -2.25. The minimum atomic E-state index is -0.807. The minimum absolute atomic E-state index is 0.488. The van der Waals surface area contributed by atoms with Crippen LogP contribution in [0.1, 0.15) is 22.3 Å². The Morgan fingerprint density at radius 1 is 0.793 bits per heavy atom. The van der Waals surface area contributed by atoms with Crippen LogP contribution in [0.2, 0.25) is 5.02 Å². The SMILES string of the molecule is NC1=NC(c2ccncc2)(c2cccc(-c3cncnc3)c2)c2cc(Cl)ccc21. The van der Waals surface area contributed by atoms with Gasteiger partial charge in [0.2, 0.25) is 0 Å². The van der Waals surface area contributed by atoms with Crippen molar-refractivity contribution in [3.63, 3.8) is 0 Å². The van der Waals surface area contributed by atoms with E-state index in [4.69, 9.17) is 22.3 Å². The number of hydrogen-bond acceptors (Lipinski definition) is 5. The summed E-state index contributed by atoms with van der Waals surface area (Å²) in [5, 5.41) is 0.639. The summed E-state index contributed by atoms with van der Waals surface area (Å²) >= 11 is 6.38. The maximum Gasteiger partial charge on any atom is 0.139 e. The molecule has 140 valence electrons. The molecule has 3 heterocycles. The van der Waals surface area contributed by atoms with Crippen LogP contribution in [0.5, 0.6) is 0 Å². The van der Waals surface area contributed by atoms with Crippen molar-refractivity contribution in [3.8, 4) is 11.1 Å². The van der Waals surface area contributed by atoms with E-state index in [1.54, 1.807) is 24.8 Å². The van der Waals surface area contributed by atoms with Crippen LogP contribution in [-0.4, -0.2) is 20.8 Å². The first kappa shape index (κ1) is 17.5. The molecular weight excluding hydrogens is 382 g/mol. The van der Waals surface area contributed by atoms with Crippen LogP contribution in [0.25, 0.3) is 11.1 Å². The summed E-state index contributed by atoms with van der Waals surface area (Å²) in [6.07, 6.45) is 8.64. The molecule has 0 radical (unpaired) electrons. The monoisotopic (exact) mass is 397 g/mol. The fourth-order valence-electron chi connectivity index (χ4n) is 3.91. The average molecular weight is 398 g/mol. The second kappa shape index (κ2) is 6.79. The minimum Gasteiger partial charge on any atom is -0.383 e. The van der Waals surface area contributed by atoms with Crippen molar-refractivity contribution in [2.75, 3.05) is 0 Å². The summed E-state index contributed by atoms with van der Waals surface area (Å²) in [5.41, 5.74) is 11.3. The normalized spacial score (nSPS) is 17.6. The van der Waals surface area contributed by atoms with Crippen molar-refractivity contribution in [1.82, 2.24) is 15.0 Å². The molecule has 0 aliphatic carbocycles. The third-order valence-electron chi connectivity index (χ3n) is 5.21. The molecule has 5 rings (SSSR count). The maximum atomic E-state index is 6.38. The van der Waals surface area contributed by atoms with Crippen LogP contribution in [0.15, 0.2) is 90.7 Å². The molecule has 6 heteroatoms. The molecule has 0 saturated carbocycles. The fraction of sp³-hybridized carbons (Fsp3) is 0.0435. The predicted octanol–water partition coefficient (Wildman–Crippen LogP) is 4.20. The lowest BCUT2D eigenvalue weighted by atomic mass is 9.77. The van der Waals surface area contributed by atoms with Crippen LogP contribution < -0.4 is 5.73 Å². The van der Waals surface area contributed by atoms with Gasteiger partial charge in [-0.15, -0.1) is 0 Å². The van der Waals surface area contributed by atoms with Gasteiger partial charge in [-0.25, -0.2) is 15.0 Å². The van der Waals surface area contributed by atoms with Crippen molar-refractivity contribution in [2.24, 2.45) is 10.7 Å². The molecule has 0 saturated heterocycles. The van der Waals surface area contributed by atoms with Crippen molar-refractivity contribution in [2.45, 2.75) is 5.54 Å². The molecule has 5 nitrogen and oxygen atoms in total. The first-order valence-electron chi connectivity index (χ1n) is 9.10. The number of aliphatic imine (C=N–C) groups is 1. The van der Waals surface area contributed by atoms with E-state index in [1.807, 2.05) is 42.5 Å². The Kier molecular flexibility index (Phi) is 4.11. The highest BCUT2D eigenvalue weighted by Crippen LogP contribution is 2.47. The Labute approximate surface area is 173 Å². The molecule has 0 fully saturated rings. The number of nitrogens with two attached hydrogens (primary N) is 1. The summed E-state index contributed by atoms with van der Waals surface area (Å²) in [5.74, 6) is 0.488. The van der Waals surface area contributed by atoms with Gasteiger partial charge < -0.3 is 5.73 Å². The van der Waals surface area contributed by atoms with E-state index in [9.17, 15) is 0 Å². The van der Waals surface area contributed by atoms with E-state index in [1.165, 1.54) is 6.33 Å². The molecule has 2 N–H and O–H groups in total. The zero-order chi connectivity index (χ0) is 19.8. The summed E-state index contributed by atoms with van der Waals surface area (Å²) in [6.45, 7) is 0. The number of aromatic nitrogens is 3. The third-order valence-corrected chi connectivity index (χ3v) is 5.44. The summed E-state index contributed by atoms with van der Waals surface area (Å²) in [4.78, 5) is 17.4. The Morgan fingerprint density at radius 2 is 1.59 bits per heavy atom. The molecule has 29 heavy (non-hydrogen) atoms. The van der Waals surface area contributed by atoms with E-state index in [0.29, 0.717) is 10.9 Å². The molecule has 0 amide bonds. The number of fused-ring (bicyclic) bond motifs is 1. The average Bonchev–Trinajstić information content (AvgIpc) is 3.08. The lowest BCUT2D eigenvalue weighted by Gasteiger charge is -2.29. The third kappa shape index (κ3) is 2.79. The van der Waals surface area contributed by atoms with Gasteiger partial charge in [0.05, 0.1) is 0 Å². The van der Waals surface area contributed by atoms with E-state index >= 15 is 0 Å². The molecule has 2 aromatic carbocycles. The quantitative estimate of drug-likeness (QED) is 0.562. The van der Waals surface area contributed by atoms with Gasteiger partial charge in [-0.3, -0.25) is 4.98 Å². The van der Waals surface area contributed by atoms with E-state index in [-0.39, 0.29) is 0 Å². The number of amidine groups is 1. The smallest absolute Gasteiger partial charge is 0.139 e. The summed E-state index contributed by atoms with van der Waals surface area (Å²) < 4.78 is 0. The van der Waals surface area contributed by atoms with E-state index < -0.39 is 5.54 Å². The second-order valence-electron chi connectivity index (χ2n) is 6.84. The van der Waals surface area contributed by atoms with E-state index in [2.05, 4.69) is 27.1 Å². The number of benzene rings is 2. The van der Waals surface area contributed by atoms with Crippen molar-refractivity contribution in [3.05, 3.63) is 113 Å². The summed E-state index contributed by atoms with van der Waals surface area (Å²) in [6, 6.07) is 17.8. The fourth-order valence-corrected chi connectivity index (χ4v) is 4.08. The molecular formula is C23H16ClN5. The predicted molar refractivity (Wildman–Crippen MR) is 114 cm³/mol. The number of hydrogen-bond donors (Lipinski definition) is 1. The number of rotatable bonds is 3. The summed E-state index contributed by atoms with van der Waals surface area (Å²) in [7, 11) is 0. The van der Waals surface area contributed by atoms with Crippen LogP contribution in [0.4, 0.5) is 0 Å². The Hall–Kier alpha value is -3.57. The first-order valence-corrected chi connectivity index (χ1v) is 9.48. The number of pyridine rings is 1. The number of nitrogens with zero attached hydrogens (tertiary/aromatic N) is 4. The molecule has 1 aliphatic rings. The first-order chi connectivity index (χ1) is 14.2.